The van der Waals surface area contributed by atoms with Crippen LogP contribution in [-0.2, 0) is 6.42 Å². The van der Waals surface area contributed by atoms with E-state index in [2.05, 4.69) is 55.3 Å². The van der Waals surface area contributed by atoms with Crippen molar-refractivity contribution in [3.05, 3.63) is 29.8 Å². The van der Waals surface area contributed by atoms with Crippen LogP contribution in [0.3, 0.4) is 0 Å². The smallest absolute Gasteiger partial charge is 0.0291 e. The molecule has 2 heteroatoms. The summed E-state index contributed by atoms with van der Waals surface area (Å²) in [5.41, 5.74) is 1.56. The van der Waals surface area contributed by atoms with E-state index in [-0.39, 0.29) is 0 Å². The molecule has 110 valence electrons. The number of hydrogen-bond acceptors (Lipinski definition) is 2. The highest BCUT2D eigenvalue weighted by molar-refractivity contribution is 8.00. The fourth-order valence-corrected chi connectivity index (χ4v) is 5.64. The van der Waals surface area contributed by atoms with Gasteiger partial charge in [0.25, 0.3) is 0 Å². The summed E-state index contributed by atoms with van der Waals surface area (Å²) in [7, 11) is 2.17. The third kappa shape index (κ3) is 2.92. The molecule has 0 saturated heterocycles. The van der Waals surface area contributed by atoms with Crippen LogP contribution in [0.15, 0.2) is 29.2 Å². The maximum atomic E-state index is 3.66. The molecule has 0 amide bonds. The van der Waals surface area contributed by atoms with Crippen molar-refractivity contribution in [3.63, 3.8) is 0 Å². The van der Waals surface area contributed by atoms with Gasteiger partial charge in [0.2, 0.25) is 0 Å². The summed E-state index contributed by atoms with van der Waals surface area (Å²) in [6.07, 6.45) is 8.38. The predicted molar refractivity (Wildman–Crippen MR) is 88.4 cm³/mol. The standard InChI is InChI=1S/C18H27NS/c1-3-13-8-10-14(11-9-13)18(19-2)17-12-15-6-4-5-7-16(15)20-17/h4-7,13-14,17-19H,3,8-12H2,1-2H3. The SMILES string of the molecule is CCC1CCC(C(NC)C2Cc3ccccc3S2)CC1. The van der Waals surface area contributed by atoms with Gasteiger partial charge in [-0.3, -0.25) is 0 Å². The first-order valence-electron chi connectivity index (χ1n) is 8.23. The zero-order valence-corrected chi connectivity index (χ0v) is 13.6. The van der Waals surface area contributed by atoms with Gasteiger partial charge in [0.15, 0.2) is 0 Å². The molecule has 0 spiro atoms. The average Bonchev–Trinajstić information content (AvgIpc) is 2.92. The molecular weight excluding hydrogens is 262 g/mol. The van der Waals surface area contributed by atoms with Crippen molar-refractivity contribution in [2.75, 3.05) is 7.05 Å². The molecule has 2 aliphatic rings. The lowest BCUT2D eigenvalue weighted by Crippen LogP contribution is -2.43. The lowest BCUT2D eigenvalue weighted by Gasteiger charge is -2.36. The summed E-state index contributed by atoms with van der Waals surface area (Å²) in [5.74, 6) is 1.88. The van der Waals surface area contributed by atoms with Crippen LogP contribution in [0.25, 0.3) is 0 Å². The van der Waals surface area contributed by atoms with E-state index in [1.165, 1.54) is 43.4 Å². The zero-order chi connectivity index (χ0) is 13.9. The number of nitrogens with one attached hydrogen (secondary N) is 1. The van der Waals surface area contributed by atoms with E-state index in [1.807, 2.05) is 0 Å². The fraction of sp³-hybridized carbons (Fsp3) is 0.667. The number of hydrogen-bond donors (Lipinski definition) is 1. The third-order valence-electron chi connectivity index (χ3n) is 5.38. The van der Waals surface area contributed by atoms with Gasteiger partial charge in [-0.2, -0.15) is 0 Å². The second-order valence-electron chi connectivity index (χ2n) is 6.47. The van der Waals surface area contributed by atoms with E-state index in [1.54, 1.807) is 5.56 Å². The molecule has 20 heavy (non-hydrogen) atoms. The van der Waals surface area contributed by atoms with E-state index < -0.39 is 0 Å². The van der Waals surface area contributed by atoms with Gasteiger partial charge >= 0.3 is 0 Å². The number of rotatable bonds is 4. The number of thioether (sulfide) groups is 1. The van der Waals surface area contributed by atoms with Crippen LogP contribution in [0.5, 0.6) is 0 Å². The highest BCUT2D eigenvalue weighted by atomic mass is 32.2. The molecule has 0 bridgehead atoms. The van der Waals surface area contributed by atoms with Crippen LogP contribution < -0.4 is 5.32 Å². The molecule has 2 atom stereocenters. The van der Waals surface area contributed by atoms with Crippen molar-refractivity contribution in [2.45, 2.75) is 61.6 Å². The third-order valence-corrected chi connectivity index (χ3v) is 6.80. The first-order valence-corrected chi connectivity index (χ1v) is 9.11. The Bertz CT molecular complexity index is 412. The lowest BCUT2D eigenvalue weighted by molar-refractivity contribution is 0.220. The molecule has 3 rings (SSSR count). The monoisotopic (exact) mass is 289 g/mol. The molecule has 1 fully saturated rings. The van der Waals surface area contributed by atoms with Crippen LogP contribution in [-0.4, -0.2) is 18.3 Å². The van der Waals surface area contributed by atoms with E-state index in [9.17, 15) is 0 Å². The van der Waals surface area contributed by atoms with Crippen LogP contribution in [0.1, 0.15) is 44.6 Å². The number of benzene rings is 1. The van der Waals surface area contributed by atoms with Crippen molar-refractivity contribution < 1.29 is 0 Å². The minimum absolute atomic E-state index is 0.685. The Balaban J connectivity index is 1.64. The van der Waals surface area contributed by atoms with Crippen molar-refractivity contribution in [1.82, 2.24) is 5.32 Å². The molecule has 2 unspecified atom stereocenters. The summed E-state index contributed by atoms with van der Waals surface area (Å²) in [5, 5.41) is 4.40. The van der Waals surface area contributed by atoms with Gasteiger partial charge in [-0.05, 0) is 49.8 Å². The topological polar surface area (TPSA) is 12.0 Å². The van der Waals surface area contributed by atoms with Crippen molar-refractivity contribution in [3.8, 4) is 0 Å². The van der Waals surface area contributed by atoms with Gasteiger partial charge in [0.05, 0.1) is 0 Å². The highest BCUT2D eigenvalue weighted by Gasteiger charge is 2.35. The zero-order valence-electron chi connectivity index (χ0n) is 12.8. The summed E-state index contributed by atoms with van der Waals surface area (Å²) < 4.78 is 0. The summed E-state index contributed by atoms with van der Waals surface area (Å²) >= 11 is 2.11. The van der Waals surface area contributed by atoms with Gasteiger partial charge in [0, 0.05) is 16.2 Å². The molecule has 1 saturated carbocycles. The molecule has 1 aromatic rings. The lowest BCUT2D eigenvalue weighted by atomic mass is 9.76. The van der Waals surface area contributed by atoms with Gasteiger partial charge in [-0.25, -0.2) is 0 Å². The molecule has 1 N–H and O–H groups in total. The normalized spacial score (nSPS) is 31.0. The highest BCUT2D eigenvalue weighted by Crippen LogP contribution is 2.42. The van der Waals surface area contributed by atoms with Crippen LogP contribution in [0, 0.1) is 11.8 Å². The minimum atomic E-state index is 0.685. The Labute approximate surface area is 127 Å². The second-order valence-corrected chi connectivity index (χ2v) is 7.75. The van der Waals surface area contributed by atoms with Crippen LogP contribution in [0.4, 0.5) is 0 Å². The van der Waals surface area contributed by atoms with Gasteiger partial charge in [0.1, 0.15) is 0 Å². The Morgan fingerprint density at radius 1 is 1.20 bits per heavy atom. The van der Waals surface area contributed by atoms with Gasteiger partial charge in [-0.15, -0.1) is 11.8 Å². The maximum absolute atomic E-state index is 3.66. The first kappa shape index (κ1) is 14.5. The molecule has 1 heterocycles. The van der Waals surface area contributed by atoms with Crippen LogP contribution in [0.2, 0.25) is 0 Å². The van der Waals surface area contributed by atoms with E-state index in [0.29, 0.717) is 6.04 Å². The summed E-state index contributed by atoms with van der Waals surface area (Å²) in [6, 6.07) is 9.65. The van der Waals surface area contributed by atoms with Gasteiger partial charge < -0.3 is 5.32 Å². The molecule has 0 radical (unpaired) electrons. The van der Waals surface area contributed by atoms with E-state index >= 15 is 0 Å². The number of fused-ring (bicyclic) bond motifs is 1. The van der Waals surface area contributed by atoms with Crippen molar-refractivity contribution >= 4 is 11.8 Å². The Kier molecular flexibility index (Phi) is 4.72. The molecular formula is C18H27NS. The van der Waals surface area contributed by atoms with Gasteiger partial charge in [-0.1, -0.05) is 44.4 Å². The van der Waals surface area contributed by atoms with Crippen molar-refractivity contribution in [2.24, 2.45) is 11.8 Å². The largest absolute Gasteiger partial charge is 0.316 e. The first-order chi connectivity index (χ1) is 9.81. The van der Waals surface area contributed by atoms with E-state index in [4.69, 9.17) is 0 Å². The average molecular weight is 289 g/mol. The predicted octanol–water partition coefficient (Wildman–Crippen LogP) is 4.51. The molecule has 1 aromatic carbocycles. The Hall–Kier alpha value is -0.470. The second kappa shape index (κ2) is 6.53. The van der Waals surface area contributed by atoms with E-state index in [0.717, 1.165) is 17.1 Å². The minimum Gasteiger partial charge on any atom is -0.316 e. The molecule has 1 aliphatic heterocycles. The quantitative estimate of drug-likeness (QED) is 0.875. The fourth-order valence-electron chi connectivity index (χ4n) is 4.09. The molecule has 1 aliphatic carbocycles. The summed E-state index contributed by atoms with van der Waals surface area (Å²) in [4.78, 5) is 1.51. The maximum Gasteiger partial charge on any atom is 0.0291 e. The van der Waals surface area contributed by atoms with Crippen LogP contribution >= 0.6 is 11.8 Å². The molecule has 1 nitrogen and oxygen atoms in total. The Morgan fingerprint density at radius 3 is 2.60 bits per heavy atom. The van der Waals surface area contributed by atoms with Crippen molar-refractivity contribution in [1.29, 1.82) is 0 Å². The summed E-state index contributed by atoms with van der Waals surface area (Å²) in [6.45, 7) is 2.35. The molecule has 0 aromatic heterocycles. The Morgan fingerprint density at radius 2 is 1.95 bits per heavy atom.